The number of hydrogen-bond acceptors (Lipinski definition) is 5. The van der Waals surface area contributed by atoms with E-state index in [2.05, 4.69) is 9.71 Å². The Morgan fingerprint density at radius 1 is 1.32 bits per heavy atom. The molecule has 2 rings (SSSR count). The summed E-state index contributed by atoms with van der Waals surface area (Å²) in [6.45, 7) is 3.28. The quantitative estimate of drug-likeness (QED) is 0.888. The Bertz CT molecular complexity index is 671. The molecule has 0 fully saturated rings. The van der Waals surface area contributed by atoms with Crippen molar-refractivity contribution in [2.24, 2.45) is 0 Å². The van der Waals surface area contributed by atoms with Gasteiger partial charge in [0.1, 0.15) is 18.2 Å². The molecule has 0 saturated heterocycles. The van der Waals surface area contributed by atoms with Crippen LogP contribution in [0.15, 0.2) is 33.8 Å². The van der Waals surface area contributed by atoms with Crippen molar-refractivity contribution >= 4 is 15.8 Å². The number of pyridine rings is 1. The van der Waals surface area contributed by atoms with Gasteiger partial charge in [0.25, 0.3) is 10.0 Å². The molecule has 0 unspecified atom stereocenters. The van der Waals surface area contributed by atoms with Crippen LogP contribution in [0.25, 0.3) is 0 Å². The summed E-state index contributed by atoms with van der Waals surface area (Å²) in [5.41, 5.74) is 1.62. The van der Waals surface area contributed by atoms with Crippen LogP contribution < -0.4 is 4.72 Å². The highest BCUT2D eigenvalue weighted by molar-refractivity contribution is 7.92. The van der Waals surface area contributed by atoms with Gasteiger partial charge in [-0.05, 0) is 43.7 Å². The first-order valence-electron chi connectivity index (χ1n) is 5.58. The van der Waals surface area contributed by atoms with E-state index in [0.717, 1.165) is 5.56 Å². The molecular weight excluding hydrogens is 268 g/mol. The van der Waals surface area contributed by atoms with Gasteiger partial charge in [-0.1, -0.05) is 0 Å². The van der Waals surface area contributed by atoms with Crippen molar-refractivity contribution < 1.29 is 17.9 Å². The van der Waals surface area contributed by atoms with Crippen molar-refractivity contribution in [2.45, 2.75) is 25.5 Å². The molecule has 2 heterocycles. The average molecular weight is 282 g/mol. The van der Waals surface area contributed by atoms with E-state index in [1.165, 1.54) is 12.1 Å². The van der Waals surface area contributed by atoms with Crippen molar-refractivity contribution in [1.82, 2.24) is 4.98 Å². The van der Waals surface area contributed by atoms with E-state index in [1.54, 1.807) is 13.0 Å². The second kappa shape index (κ2) is 5.02. The highest BCUT2D eigenvalue weighted by atomic mass is 32.2. The Kier molecular flexibility index (Phi) is 3.59. The predicted octanol–water partition coefficient (Wildman–Crippen LogP) is 1.58. The van der Waals surface area contributed by atoms with Gasteiger partial charge in [-0.2, -0.15) is 8.42 Å². The highest BCUT2D eigenvalue weighted by Gasteiger charge is 2.19. The Hall–Kier alpha value is -1.86. The minimum atomic E-state index is -3.83. The number of aryl methyl sites for hydroxylation is 2. The Morgan fingerprint density at radius 2 is 2.05 bits per heavy atom. The van der Waals surface area contributed by atoms with Crippen molar-refractivity contribution in [2.75, 3.05) is 4.72 Å². The third-order valence-electron chi connectivity index (χ3n) is 2.39. The molecule has 0 spiro atoms. The summed E-state index contributed by atoms with van der Waals surface area (Å²) in [4.78, 5) is 4.09. The van der Waals surface area contributed by atoms with E-state index < -0.39 is 10.0 Å². The summed E-state index contributed by atoms with van der Waals surface area (Å²) in [5.74, 6) is 0.424. The maximum atomic E-state index is 12.0. The first kappa shape index (κ1) is 13.6. The van der Waals surface area contributed by atoms with E-state index in [1.807, 2.05) is 13.0 Å². The minimum absolute atomic E-state index is 0.189. The van der Waals surface area contributed by atoms with Crippen molar-refractivity contribution in [1.29, 1.82) is 0 Å². The zero-order chi connectivity index (χ0) is 14.0. The second-order valence-corrected chi connectivity index (χ2v) is 5.77. The van der Waals surface area contributed by atoms with Crippen LogP contribution in [-0.2, 0) is 16.6 Å². The molecule has 7 heteroatoms. The van der Waals surface area contributed by atoms with Crippen LogP contribution >= 0.6 is 0 Å². The monoisotopic (exact) mass is 282 g/mol. The largest absolute Gasteiger partial charge is 0.445 e. The zero-order valence-electron chi connectivity index (χ0n) is 10.5. The van der Waals surface area contributed by atoms with Crippen molar-refractivity contribution in [3.8, 4) is 0 Å². The molecule has 2 aromatic heterocycles. The summed E-state index contributed by atoms with van der Waals surface area (Å²) < 4.78 is 31.4. The summed E-state index contributed by atoms with van der Waals surface area (Å²) >= 11 is 0. The number of sulfonamides is 1. The Labute approximate surface area is 111 Å². The van der Waals surface area contributed by atoms with Crippen molar-refractivity contribution in [3.63, 3.8) is 0 Å². The van der Waals surface area contributed by atoms with Crippen LogP contribution in [0.1, 0.15) is 17.0 Å². The van der Waals surface area contributed by atoms with Gasteiger partial charge in [0.05, 0.1) is 0 Å². The van der Waals surface area contributed by atoms with Crippen LogP contribution in [-0.4, -0.2) is 18.5 Å². The summed E-state index contributed by atoms with van der Waals surface area (Å²) in [6.07, 6.45) is 0. The number of anilines is 1. The number of aliphatic hydroxyl groups excluding tert-OH is 1. The first-order valence-corrected chi connectivity index (χ1v) is 7.07. The first-order chi connectivity index (χ1) is 8.90. The van der Waals surface area contributed by atoms with Gasteiger partial charge in [-0.25, -0.2) is 4.98 Å². The number of aromatic nitrogens is 1. The molecule has 6 nitrogen and oxygen atoms in total. The normalized spacial score (nSPS) is 11.5. The minimum Gasteiger partial charge on any atom is -0.445 e. The van der Waals surface area contributed by atoms with Crippen LogP contribution in [0, 0.1) is 13.8 Å². The number of hydrogen-bond donors (Lipinski definition) is 2. The van der Waals surface area contributed by atoms with E-state index in [9.17, 15) is 8.42 Å². The van der Waals surface area contributed by atoms with Crippen LogP contribution in [0.5, 0.6) is 0 Å². The lowest BCUT2D eigenvalue weighted by Crippen LogP contribution is -2.13. The SMILES string of the molecule is Cc1cc(C)nc(NS(=O)(=O)c2ccc(CO)o2)c1. The topological polar surface area (TPSA) is 92.4 Å². The molecule has 0 aromatic carbocycles. The van der Waals surface area contributed by atoms with E-state index in [4.69, 9.17) is 9.52 Å². The van der Waals surface area contributed by atoms with E-state index in [0.29, 0.717) is 5.69 Å². The molecule has 0 radical (unpaired) electrons. The number of aliphatic hydroxyl groups is 1. The van der Waals surface area contributed by atoms with Gasteiger partial charge in [0.2, 0.25) is 5.09 Å². The summed E-state index contributed by atoms with van der Waals surface area (Å²) in [7, 11) is -3.83. The number of furan rings is 1. The summed E-state index contributed by atoms with van der Waals surface area (Å²) in [6, 6.07) is 6.16. The second-order valence-electron chi connectivity index (χ2n) is 4.16. The maximum Gasteiger partial charge on any atom is 0.296 e. The third kappa shape index (κ3) is 3.12. The maximum absolute atomic E-state index is 12.0. The Balaban J connectivity index is 2.30. The van der Waals surface area contributed by atoms with Gasteiger partial charge in [0, 0.05) is 5.69 Å². The van der Waals surface area contributed by atoms with Gasteiger partial charge in [-0.3, -0.25) is 4.72 Å². The lowest BCUT2D eigenvalue weighted by Gasteiger charge is -2.06. The number of rotatable bonds is 4. The lowest BCUT2D eigenvalue weighted by molar-refractivity contribution is 0.236. The molecule has 102 valence electrons. The van der Waals surface area contributed by atoms with E-state index in [-0.39, 0.29) is 23.3 Å². The Morgan fingerprint density at radius 3 is 2.63 bits per heavy atom. The fraction of sp³-hybridized carbons (Fsp3) is 0.250. The van der Waals surface area contributed by atoms with Gasteiger partial charge < -0.3 is 9.52 Å². The van der Waals surface area contributed by atoms with Crippen molar-refractivity contribution in [3.05, 3.63) is 41.3 Å². The molecule has 0 saturated carbocycles. The van der Waals surface area contributed by atoms with Crippen LogP contribution in [0.2, 0.25) is 0 Å². The van der Waals surface area contributed by atoms with Crippen LogP contribution in [0.3, 0.4) is 0 Å². The molecule has 2 N–H and O–H groups in total. The van der Waals surface area contributed by atoms with Gasteiger partial charge in [0.15, 0.2) is 0 Å². The molecule has 19 heavy (non-hydrogen) atoms. The molecule has 0 aliphatic carbocycles. The fourth-order valence-corrected chi connectivity index (χ4v) is 2.61. The number of nitrogens with zero attached hydrogens (tertiary/aromatic N) is 1. The zero-order valence-corrected chi connectivity index (χ0v) is 11.4. The average Bonchev–Trinajstić information content (AvgIpc) is 2.75. The predicted molar refractivity (Wildman–Crippen MR) is 69.2 cm³/mol. The molecular formula is C12H14N2O4S. The van der Waals surface area contributed by atoms with E-state index >= 15 is 0 Å². The molecule has 0 aliphatic rings. The molecule has 0 bridgehead atoms. The fourth-order valence-electron chi connectivity index (χ4n) is 1.67. The smallest absolute Gasteiger partial charge is 0.296 e. The number of nitrogens with one attached hydrogen (secondary N) is 1. The third-order valence-corrected chi connectivity index (χ3v) is 3.62. The van der Waals surface area contributed by atoms with Crippen LogP contribution in [0.4, 0.5) is 5.82 Å². The molecule has 2 aromatic rings. The standard InChI is InChI=1S/C12H14N2O4S/c1-8-5-9(2)13-11(6-8)14-19(16,17)12-4-3-10(7-15)18-12/h3-6,15H,7H2,1-2H3,(H,13,14). The lowest BCUT2D eigenvalue weighted by atomic mass is 10.2. The summed E-state index contributed by atoms with van der Waals surface area (Å²) in [5, 5.41) is 8.61. The molecule has 0 atom stereocenters. The highest BCUT2D eigenvalue weighted by Crippen LogP contribution is 2.18. The molecule has 0 aliphatic heterocycles. The van der Waals surface area contributed by atoms with Gasteiger partial charge >= 0.3 is 0 Å². The van der Waals surface area contributed by atoms with Gasteiger partial charge in [-0.15, -0.1) is 0 Å². The molecule has 0 amide bonds.